The van der Waals surface area contributed by atoms with E-state index in [0.29, 0.717) is 12.2 Å². The van der Waals surface area contributed by atoms with E-state index >= 15 is 0 Å². The van der Waals surface area contributed by atoms with Crippen LogP contribution in [-0.4, -0.2) is 25.0 Å². The molecule has 1 fully saturated rings. The van der Waals surface area contributed by atoms with Crippen LogP contribution in [0.1, 0.15) is 114 Å². The fraction of sp³-hybridized carbons (Fsp3) is 0.714. The van der Waals surface area contributed by atoms with Crippen LogP contribution in [0.5, 0.6) is 5.75 Å². The molecule has 0 bridgehead atoms. The maximum Gasteiger partial charge on any atom is 0.309 e. The minimum atomic E-state index is -0.204. The number of Topliss-reactive ketones (excluding diaryl/α,β-unsaturated/α-hetero) is 1. The van der Waals surface area contributed by atoms with Gasteiger partial charge in [-0.15, -0.1) is 0 Å². The summed E-state index contributed by atoms with van der Waals surface area (Å²) in [6.45, 7) is 4.99. The summed E-state index contributed by atoms with van der Waals surface area (Å²) in [4.78, 5) is 24.8. The van der Waals surface area contributed by atoms with E-state index in [2.05, 4.69) is 13.8 Å². The number of hydrogen-bond donors (Lipinski definition) is 0. The number of hydrogen-bond acceptors (Lipinski definition) is 4. The summed E-state index contributed by atoms with van der Waals surface area (Å²) < 4.78 is 11.1. The molecule has 0 unspecified atom stereocenters. The summed E-state index contributed by atoms with van der Waals surface area (Å²) in [5.41, 5.74) is 0.560. The zero-order chi connectivity index (χ0) is 23.0. The molecule has 4 heteroatoms. The second kappa shape index (κ2) is 15.9. The minimum Gasteiger partial charge on any atom is -0.494 e. The summed E-state index contributed by atoms with van der Waals surface area (Å²) in [5.74, 6) is 1.14. The van der Waals surface area contributed by atoms with Crippen LogP contribution in [0.4, 0.5) is 0 Å². The first kappa shape index (κ1) is 26.4. The van der Waals surface area contributed by atoms with E-state index < -0.39 is 0 Å². The highest BCUT2D eigenvalue weighted by Crippen LogP contribution is 2.32. The largest absolute Gasteiger partial charge is 0.494 e. The molecule has 1 saturated carbocycles. The Kier molecular flexibility index (Phi) is 13.1. The van der Waals surface area contributed by atoms with Crippen LogP contribution in [0.3, 0.4) is 0 Å². The average Bonchev–Trinajstić information content (AvgIpc) is 2.82. The van der Waals surface area contributed by atoms with Gasteiger partial charge in [0, 0.05) is 5.56 Å². The zero-order valence-corrected chi connectivity index (χ0v) is 20.4. The normalized spacial score (nSPS) is 18.3. The van der Waals surface area contributed by atoms with Crippen molar-refractivity contribution >= 4 is 11.8 Å². The molecule has 4 nitrogen and oxygen atoms in total. The second-order valence-electron chi connectivity index (χ2n) is 9.38. The van der Waals surface area contributed by atoms with Gasteiger partial charge in [0.15, 0.2) is 12.4 Å². The molecule has 0 N–H and O–H groups in total. The molecule has 180 valence electrons. The van der Waals surface area contributed by atoms with E-state index in [4.69, 9.17) is 9.47 Å². The minimum absolute atomic E-state index is 0.0389. The van der Waals surface area contributed by atoms with Crippen LogP contribution in [-0.2, 0) is 9.53 Å². The molecule has 0 atom stereocenters. The van der Waals surface area contributed by atoms with Crippen molar-refractivity contribution in [1.82, 2.24) is 0 Å². The summed E-state index contributed by atoms with van der Waals surface area (Å²) >= 11 is 0. The predicted octanol–water partition coefficient (Wildman–Crippen LogP) is 7.54. The number of carbonyl (C=O) groups is 2. The fourth-order valence-electron chi connectivity index (χ4n) is 4.52. The Bertz CT molecular complexity index is 644. The summed E-state index contributed by atoms with van der Waals surface area (Å²) in [7, 11) is 0. The van der Waals surface area contributed by atoms with Gasteiger partial charge in [-0.25, -0.2) is 0 Å². The molecule has 0 amide bonds. The maximum atomic E-state index is 12.4. The molecule has 1 aliphatic rings. The average molecular weight is 445 g/mol. The lowest BCUT2D eigenvalue weighted by Gasteiger charge is -2.27. The van der Waals surface area contributed by atoms with Crippen LogP contribution in [0.2, 0.25) is 0 Å². The Morgan fingerprint density at radius 3 is 2.12 bits per heavy atom. The van der Waals surface area contributed by atoms with Gasteiger partial charge in [-0.3, -0.25) is 9.59 Å². The third kappa shape index (κ3) is 10.2. The molecular formula is C28H44O4. The molecule has 0 aromatic heterocycles. The molecule has 0 spiro atoms. The van der Waals surface area contributed by atoms with Gasteiger partial charge >= 0.3 is 5.97 Å². The lowest BCUT2D eigenvalue weighted by atomic mass is 9.80. The van der Waals surface area contributed by atoms with Crippen molar-refractivity contribution < 1.29 is 19.1 Å². The highest BCUT2D eigenvalue weighted by molar-refractivity contribution is 5.98. The number of benzene rings is 1. The third-order valence-corrected chi connectivity index (χ3v) is 6.68. The molecule has 1 aliphatic carbocycles. The summed E-state index contributed by atoms with van der Waals surface area (Å²) in [6.07, 6.45) is 16.6. The third-order valence-electron chi connectivity index (χ3n) is 6.68. The first-order valence-electron chi connectivity index (χ1n) is 13.1. The number of ether oxygens (including phenoxy) is 2. The van der Waals surface area contributed by atoms with E-state index in [9.17, 15) is 9.59 Å². The van der Waals surface area contributed by atoms with Crippen LogP contribution in [0.15, 0.2) is 24.3 Å². The summed E-state index contributed by atoms with van der Waals surface area (Å²) in [5, 5.41) is 0. The second-order valence-corrected chi connectivity index (χ2v) is 9.38. The molecular weight excluding hydrogens is 400 g/mol. The lowest BCUT2D eigenvalue weighted by Crippen LogP contribution is -2.25. The molecule has 0 heterocycles. The van der Waals surface area contributed by atoms with Crippen molar-refractivity contribution in [2.45, 2.75) is 104 Å². The van der Waals surface area contributed by atoms with Crippen LogP contribution in [0, 0.1) is 11.8 Å². The number of unbranched alkanes of at least 4 members (excludes halogenated alkanes) is 7. The van der Waals surface area contributed by atoms with Crippen molar-refractivity contribution in [3.05, 3.63) is 29.8 Å². The monoisotopic (exact) mass is 444 g/mol. The first-order chi connectivity index (χ1) is 15.6. The Morgan fingerprint density at radius 2 is 1.44 bits per heavy atom. The summed E-state index contributed by atoms with van der Waals surface area (Å²) in [6, 6.07) is 7.17. The Balaban J connectivity index is 1.62. The van der Waals surface area contributed by atoms with Gasteiger partial charge < -0.3 is 9.47 Å². The van der Waals surface area contributed by atoms with E-state index in [1.54, 1.807) is 12.1 Å². The Labute approximate surface area is 195 Å². The molecule has 32 heavy (non-hydrogen) atoms. The van der Waals surface area contributed by atoms with Gasteiger partial charge in [0.1, 0.15) is 5.75 Å². The van der Waals surface area contributed by atoms with E-state index in [0.717, 1.165) is 43.8 Å². The van der Waals surface area contributed by atoms with Crippen LogP contribution in [0.25, 0.3) is 0 Å². The fourth-order valence-corrected chi connectivity index (χ4v) is 4.52. The van der Waals surface area contributed by atoms with E-state index in [-0.39, 0.29) is 24.3 Å². The van der Waals surface area contributed by atoms with Gasteiger partial charge in [0.2, 0.25) is 0 Å². The first-order valence-corrected chi connectivity index (χ1v) is 13.1. The smallest absolute Gasteiger partial charge is 0.309 e. The molecule has 0 saturated heterocycles. The molecule has 2 rings (SSSR count). The number of esters is 1. The van der Waals surface area contributed by atoms with E-state index in [1.807, 2.05) is 12.1 Å². The van der Waals surface area contributed by atoms with Crippen molar-refractivity contribution in [3.8, 4) is 5.75 Å². The van der Waals surface area contributed by atoms with Crippen molar-refractivity contribution in [2.24, 2.45) is 11.8 Å². The van der Waals surface area contributed by atoms with Gasteiger partial charge in [0.05, 0.1) is 12.5 Å². The van der Waals surface area contributed by atoms with Crippen LogP contribution >= 0.6 is 0 Å². The van der Waals surface area contributed by atoms with E-state index in [1.165, 1.54) is 57.8 Å². The number of rotatable bonds is 16. The van der Waals surface area contributed by atoms with Gasteiger partial charge in [0.25, 0.3) is 0 Å². The SMILES string of the molecule is CCCCCCCCOc1ccc(C(=O)COC(=O)C2CCC(CCCCC)CC2)cc1. The highest BCUT2D eigenvalue weighted by atomic mass is 16.5. The Morgan fingerprint density at radius 1 is 0.812 bits per heavy atom. The lowest BCUT2D eigenvalue weighted by molar-refractivity contribution is -0.148. The maximum absolute atomic E-state index is 12.4. The van der Waals surface area contributed by atoms with Crippen molar-refractivity contribution in [1.29, 1.82) is 0 Å². The predicted molar refractivity (Wildman–Crippen MR) is 130 cm³/mol. The molecule has 0 aliphatic heterocycles. The van der Waals surface area contributed by atoms with Gasteiger partial charge in [-0.2, -0.15) is 0 Å². The molecule has 1 aromatic rings. The van der Waals surface area contributed by atoms with Crippen molar-refractivity contribution in [2.75, 3.05) is 13.2 Å². The van der Waals surface area contributed by atoms with Crippen LogP contribution < -0.4 is 4.74 Å². The Hall–Kier alpha value is -1.84. The number of ketones is 1. The van der Waals surface area contributed by atoms with Crippen molar-refractivity contribution in [3.63, 3.8) is 0 Å². The zero-order valence-electron chi connectivity index (χ0n) is 20.4. The standard InChI is InChI=1S/C28H44O4/c1-3-5-7-8-9-11-21-31-26-19-17-24(18-20-26)27(29)22-32-28(30)25-15-13-23(14-16-25)12-10-6-4-2/h17-20,23,25H,3-16,21-22H2,1-2H3. The van der Waals surface area contributed by atoms with Gasteiger partial charge in [-0.05, 0) is 62.3 Å². The quantitative estimate of drug-likeness (QED) is 0.150. The number of carbonyl (C=O) groups excluding carboxylic acids is 2. The molecule has 1 aromatic carbocycles. The molecule has 0 radical (unpaired) electrons. The highest BCUT2D eigenvalue weighted by Gasteiger charge is 2.27. The topological polar surface area (TPSA) is 52.6 Å². The van der Waals surface area contributed by atoms with Gasteiger partial charge in [-0.1, -0.05) is 71.6 Å².